The van der Waals surface area contributed by atoms with Crippen molar-refractivity contribution in [3.8, 4) is 0 Å². The molecule has 1 aromatic heterocycles. The van der Waals surface area contributed by atoms with E-state index in [9.17, 15) is 4.79 Å². The summed E-state index contributed by atoms with van der Waals surface area (Å²) in [4.78, 5) is 19.1. The first kappa shape index (κ1) is 15.2. The number of benzene rings is 1. The van der Waals surface area contributed by atoms with Crippen LogP contribution in [0.4, 0.5) is 0 Å². The molecule has 1 aliphatic rings. The van der Waals surface area contributed by atoms with Gasteiger partial charge in [0.05, 0.1) is 12.6 Å². The molecule has 0 bridgehead atoms. The maximum absolute atomic E-state index is 12.5. The van der Waals surface area contributed by atoms with E-state index in [1.807, 2.05) is 30.5 Å². The lowest BCUT2D eigenvalue weighted by Gasteiger charge is -2.23. The molecule has 22 heavy (non-hydrogen) atoms. The topological polar surface area (TPSA) is 45.2 Å². The van der Waals surface area contributed by atoms with Crippen LogP contribution in [0.5, 0.6) is 0 Å². The predicted molar refractivity (Wildman–Crippen MR) is 88.6 cm³/mol. The monoisotopic (exact) mass is 315 g/mol. The lowest BCUT2D eigenvalue weighted by molar-refractivity contribution is -0.125. The second-order valence-corrected chi connectivity index (χ2v) is 6.66. The summed E-state index contributed by atoms with van der Waals surface area (Å²) in [6, 6.07) is 10.3. The zero-order valence-corrected chi connectivity index (χ0v) is 13.6. The van der Waals surface area contributed by atoms with E-state index in [2.05, 4.69) is 27.3 Å². The zero-order valence-electron chi connectivity index (χ0n) is 12.8. The van der Waals surface area contributed by atoms with Crippen molar-refractivity contribution >= 4 is 17.2 Å². The van der Waals surface area contributed by atoms with Crippen LogP contribution < -0.4 is 5.32 Å². The lowest BCUT2D eigenvalue weighted by atomic mass is 10.1. The molecule has 0 radical (unpaired) electrons. The van der Waals surface area contributed by atoms with Crippen molar-refractivity contribution in [1.82, 2.24) is 15.2 Å². The molecule has 0 saturated carbocycles. The van der Waals surface area contributed by atoms with Gasteiger partial charge in [-0.15, -0.1) is 11.3 Å². The molecule has 116 valence electrons. The number of hydrogen-bond acceptors (Lipinski definition) is 4. The average molecular weight is 315 g/mol. The highest BCUT2D eigenvalue weighted by Gasteiger charge is 2.30. The van der Waals surface area contributed by atoms with Gasteiger partial charge in [-0.25, -0.2) is 4.98 Å². The maximum atomic E-state index is 12.5. The highest BCUT2D eigenvalue weighted by atomic mass is 32.1. The second kappa shape index (κ2) is 7.03. The molecule has 1 atom stereocenters. The summed E-state index contributed by atoms with van der Waals surface area (Å²) in [5.41, 5.74) is 2.28. The summed E-state index contributed by atoms with van der Waals surface area (Å²) in [5.74, 6) is 0.126. The number of nitrogens with zero attached hydrogens (tertiary/aromatic N) is 2. The number of likely N-dealkylation sites (tertiary alicyclic amines) is 1. The molecule has 0 spiro atoms. The van der Waals surface area contributed by atoms with Gasteiger partial charge in [-0.05, 0) is 31.9 Å². The second-order valence-electron chi connectivity index (χ2n) is 5.71. The van der Waals surface area contributed by atoms with E-state index in [1.54, 1.807) is 11.3 Å². The molecular weight excluding hydrogens is 294 g/mol. The minimum atomic E-state index is -0.0127. The molecule has 1 fully saturated rings. The molecule has 0 unspecified atom stereocenters. The summed E-state index contributed by atoms with van der Waals surface area (Å²) in [7, 11) is 0. The Morgan fingerprint density at radius 3 is 2.95 bits per heavy atom. The molecule has 1 N–H and O–H groups in total. The predicted octanol–water partition coefficient (Wildman–Crippen LogP) is 2.73. The standard InChI is InChI=1S/C17H21N3OS/c1-13-12-22-16(19-13)10-18-17(21)15-8-5-9-20(15)11-14-6-3-2-4-7-14/h2-4,6-7,12,15H,5,8-11H2,1H3,(H,18,21)/t15-/m0/s1. The van der Waals surface area contributed by atoms with Crippen LogP contribution in [0, 0.1) is 6.92 Å². The fraction of sp³-hybridized carbons (Fsp3) is 0.412. The average Bonchev–Trinajstić information content (AvgIpc) is 3.15. The van der Waals surface area contributed by atoms with Gasteiger partial charge in [-0.2, -0.15) is 0 Å². The Morgan fingerprint density at radius 1 is 1.41 bits per heavy atom. The van der Waals surface area contributed by atoms with Crippen LogP contribution >= 0.6 is 11.3 Å². The summed E-state index contributed by atoms with van der Waals surface area (Å²) in [6.45, 7) is 4.34. The minimum absolute atomic E-state index is 0.0127. The smallest absolute Gasteiger partial charge is 0.237 e. The van der Waals surface area contributed by atoms with Crippen molar-refractivity contribution < 1.29 is 4.79 Å². The number of thiazole rings is 1. The fourth-order valence-corrected chi connectivity index (χ4v) is 3.61. The molecule has 1 saturated heterocycles. The fourth-order valence-electron chi connectivity index (χ4n) is 2.89. The van der Waals surface area contributed by atoms with Gasteiger partial charge in [-0.1, -0.05) is 30.3 Å². The third-order valence-corrected chi connectivity index (χ3v) is 4.94. The lowest BCUT2D eigenvalue weighted by Crippen LogP contribution is -2.42. The number of rotatable bonds is 5. The summed E-state index contributed by atoms with van der Waals surface area (Å²) in [6.07, 6.45) is 2.02. The molecule has 0 aliphatic carbocycles. The minimum Gasteiger partial charge on any atom is -0.348 e. The number of hydrogen-bond donors (Lipinski definition) is 1. The van der Waals surface area contributed by atoms with Crippen LogP contribution in [-0.2, 0) is 17.9 Å². The summed E-state index contributed by atoms with van der Waals surface area (Å²) in [5, 5.41) is 6.02. The van der Waals surface area contributed by atoms with E-state index in [0.717, 1.165) is 36.6 Å². The van der Waals surface area contributed by atoms with E-state index in [0.29, 0.717) is 6.54 Å². The molecular formula is C17H21N3OS. The summed E-state index contributed by atoms with van der Waals surface area (Å²) >= 11 is 1.60. The molecule has 1 aromatic carbocycles. The van der Waals surface area contributed by atoms with Crippen molar-refractivity contribution in [3.05, 3.63) is 52.0 Å². The first-order chi connectivity index (χ1) is 10.7. The number of aryl methyl sites for hydroxylation is 1. The molecule has 1 aliphatic heterocycles. The van der Waals surface area contributed by atoms with Crippen LogP contribution in [-0.4, -0.2) is 28.4 Å². The Labute approximate surface area is 135 Å². The Hall–Kier alpha value is -1.72. The van der Waals surface area contributed by atoms with Crippen LogP contribution in [0.25, 0.3) is 0 Å². The number of aromatic nitrogens is 1. The molecule has 3 rings (SSSR count). The van der Waals surface area contributed by atoms with Gasteiger partial charge in [0.15, 0.2) is 0 Å². The van der Waals surface area contributed by atoms with E-state index in [-0.39, 0.29) is 11.9 Å². The van der Waals surface area contributed by atoms with Crippen molar-refractivity contribution in [2.75, 3.05) is 6.54 Å². The van der Waals surface area contributed by atoms with Crippen LogP contribution in [0.1, 0.15) is 29.1 Å². The Bertz CT molecular complexity index is 626. The van der Waals surface area contributed by atoms with E-state index in [1.165, 1.54) is 5.56 Å². The van der Waals surface area contributed by atoms with E-state index < -0.39 is 0 Å². The Morgan fingerprint density at radius 2 is 2.23 bits per heavy atom. The quantitative estimate of drug-likeness (QED) is 0.923. The Kier molecular flexibility index (Phi) is 4.85. The molecule has 1 amide bonds. The van der Waals surface area contributed by atoms with Gasteiger partial charge in [0.1, 0.15) is 5.01 Å². The van der Waals surface area contributed by atoms with Crippen LogP contribution in [0.15, 0.2) is 35.7 Å². The third kappa shape index (κ3) is 3.72. The van der Waals surface area contributed by atoms with Crippen molar-refractivity contribution in [2.24, 2.45) is 0 Å². The first-order valence-corrected chi connectivity index (χ1v) is 8.57. The number of amides is 1. The highest BCUT2D eigenvalue weighted by Crippen LogP contribution is 2.20. The van der Waals surface area contributed by atoms with Crippen LogP contribution in [0.3, 0.4) is 0 Å². The van der Waals surface area contributed by atoms with Crippen molar-refractivity contribution in [2.45, 2.75) is 38.9 Å². The van der Waals surface area contributed by atoms with Gasteiger partial charge in [-0.3, -0.25) is 9.69 Å². The normalized spacial score (nSPS) is 18.5. The third-order valence-electron chi connectivity index (χ3n) is 3.98. The SMILES string of the molecule is Cc1csc(CNC(=O)[C@@H]2CCCN2Cc2ccccc2)n1. The van der Waals surface area contributed by atoms with Crippen LogP contribution in [0.2, 0.25) is 0 Å². The molecule has 2 heterocycles. The molecule has 2 aromatic rings. The van der Waals surface area contributed by atoms with Gasteiger partial charge >= 0.3 is 0 Å². The maximum Gasteiger partial charge on any atom is 0.237 e. The Balaban J connectivity index is 1.56. The van der Waals surface area contributed by atoms with E-state index >= 15 is 0 Å². The largest absolute Gasteiger partial charge is 0.348 e. The zero-order chi connectivity index (χ0) is 15.4. The van der Waals surface area contributed by atoms with E-state index in [4.69, 9.17) is 0 Å². The van der Waals surface area contributed by atoms with Gasteiger partial charge in [0.25, 0.3) is 0 Å². The summed E-state index contributed by atoms with van der Waals surface area (Å²) < 4.78 is 0. The van der Waals surface area contributed by atoms with Gasteiger partial charge in [0.2, 0.25) is 5.91 Å². The number of carbonyl (C=O) groups excluding carboxylic acids is 1. The van der Waals surface area contributed by atoms with Gasteiger partial charge < -0.3 is 5.32 Å². The van der Waals surface area contributed by atoms with Crippen molar-refractivity contribution in [3.63, 3.8) is 0 Å². The van der Waals surface area contributed by atoms with Gasteiger partial charge in [0, 0.05) is 17.6 Å². The number of nitrogens with one attached hydrogen (secondary N) is 1. The van der Waals surface area contributed by atoms with Crippen molar-refractivity contribution in [1.29, 1.82) is 0 Å². The highest BCUT2D eigenvalue weighted by molar-refractivity contribution is 7.09. The molecule has 5 heteroatoms. The number of carbonyl (C=O) groups is 1. The first-order valence-electron chi connectivity index (χ1n) is 7.69. The molecule has 4 nitrogen and oxygen atoms in total.